The highest BCUT2D eigenvalue weighted by molar-refractivity contribution is 7.57. The Hall–Kier alpha value is -0.870. The van der Waals surface area contributed by atoms with Crippen LogP contribution in [0, 0.1) is 0 Å². The predicted molar refractivity (Wildman–Crippen MR) is 43.0 cm³/mol. The molecule has 76 valence electrons. The zero-order chi connectivity index (χ0) is 10.5. The lowest BCUT2D eigenvalue weighted by Crippen LogP contribution is -2.24. The maximum absolute atomic E-state index is 11.2. The van der Waals surface area contributed by atoms with Crippen LogP contribution in [0.3, 0.4) is 0 Å². The zero-order valence-corrected chi connectivity index (χ0v) is 8.07. The maximum atomic E-state index is 11.2. The summed E-state index contributed by atoms with van der Waals surface area (Å²) in [5.41, 5.74) is 0. The molecule has 0 fully saturated rings. The van der Waals surface area contributed by atoms with Crippen molar-refractivity contribution in [3.05, 3.63) is 0 Å². The number of carboxylic acids is 1. The minimum atomic E-state index is -3.55. The second-order valence-corrected chi connectivity index (χ2v) is 5.12. The van der Waals surface area contributed by atoms with E-state index < -0.39 is 19.8 Å². The molecule has 0 rings (SSSR count). The average molecular weight is 208 g/mol. The molecule has 0 heterocycles. The number of carbonyl (C=O) groups excluding carboxylic acids is 2. The summed E-state index contributed by atoms with van der Waals surface area (Å²) in [6.45, 7) is 0. The van der Waals surface area contributed by atoms with Crippen LogP contribution >= 0.6 is 7.37 Å². The van der Waals surface area contributed by atoms with Gasteiger partial charge in [0.2, 0.25) is 13.8 Å². The highest BCUT2D eigenvalue weighted by Crippen LogP contribution is 2.40. The molecule has 1 unspecified atom stereocenters. The standard InChI is InChI=1S/C6H12NO5P/c1-7(4-8)5-13(11,12)3-2-6(9)10/h4H,2-3,5H2,1H3,(H,9,10)(H,11,12)/p-1. The van der Waals surface area contributed by atoms with Gasteiger partial charge in [-0.25, -0.2) is 0 Å². The molecular weight excluding hydrogens is 197 g/mol. The summed E-state index contributed by atoms with van der Waals surface area (Å²) < 4.78 is 11.2. The van der Waals surface area contributed by atoms with E-state index in [4.69, 9.17) is 4.89 Å². The van der Waals surface area contributed by atoms with Crippen LogP contribution in [-0.4, -0.2) is 41.7 Å². The molecule has 0 aromatic heterocycles. The van der Waals surface area contributed by atoms with Crippen molar-refractivity contribution in [2.75, 3.05) is 19.5 Å². The second-order valence-electron chi connectivity index (χ2n) is 2.70. The molecular formula is C6H11NO5P-. The van der Waals surface area contributed by atoms with Crippen molar-refractivity contribution in [1.82, 2.24) is 4.90 Å². The van der Waals surface area contributed by atoms with Gasteiger partial charge in [0.15, 0.2) is 0 Å². The molecule has 0 aromatic rings. The van der Waals surface area contributed by atoms with E-state index in [0.29, 0.717) is 6.41 Å². The van der Waals surface area contributed by atoms with Crippen LogP contribution in [-0.2, 0) is 14.2 Å². The monoisotopic (exact) mass is 208 g/mol. The Labute approximate surface area is 75.6 Å². The summed E-state index contributed by atoms with van der Waals surface area (Å²) in [4.78, 5) is 30.2. The van der Waals surface area contributed by atoms with Crippen LogP contribution in [0.1, 0.15) is 6.42 Å². The van der Waals surface area contributed by atoms with Gasteiger partial charge in [0, 0.05) is 19.2 Å². The fourth-order valence-corrected chi connectivity index (χ4v) is 2.16. The van der Waals surface area contributed by atoms with Crippen LogP contribution in [0.2, 0.25) is 0 Å². The Morgan fingerprint density at radius 2 is 2.23 bits per heavy atom. The minimum absolute atomic E-state index is 0.330. The third kappa shape index (κ3) is 6.31. The van der Waals surface area contributed by atoms with Crippen LogP contribution in [0.15, 0.2) is 0 Å². The fourth-order valence-electron chi connectivity index (χ4n) is 0.719. The number of hydrogen-bond acceptors (Lipinski definition) is 4. The lowest BCUT2D eigenvalue weighted by atomic mass is 10.5. The fraction of sp³-hybridized carbons (Fsp3) is 0.667. The first kappa shape index (κ1) is 12.1. The molecule has 6 nitrogen and oxygen atoms in total. The number of carbonyl (C=O) groups is 2. The summed E-state index contributed by atoms with van der Waals surface area (Å²) in [7, 11) is -2.20. The first-order valence-electron chi connectivity index (χ1n) is 3.53. The van der Waals surface area contributed by atoms with Crippen LogP contribution in [0.4, 0.5) is 0 Å². The number of rotatable bonds is 6. The molecule has 1 amide bonds. The van der Waals surface area contributed by atoms with Crippen molar-refractivity contribution in [1.29, 1.82) is 0 Å². The summed E-state index contributed by atoms with van der Waals surface area (Å²) in [5.74, 6) is -1.37. The quantitative estimate of drug-likeness (QED) is 0.420. The molecule has 0 radical (unpaired) electrons. The summed E-state index contributed by atoms with van der Waals surface area (Å²) >= 11 is 0. The van der Waals surface area contributed by atoms with Crippen molar-refractivity contribution in [3.63, 3.8) is 0 Å². The Morgan fingerprint density at radius 1 is 1.69 bits per heavy atom. The van der Waals surface area contributed by atoms with Gasteiger partial charge in [-0.3, -0.25) is 9.36 Å². The topological polar surface area (TPSA) is 97.7 Å². The number of nitrogens with zero attached hydrogens (tertiary/aromatic N) is 1. The highest BCUT2D eigenvalue weighted by atomic mass is 31.2. The largest absolute Gasteiger partial charge is 0.550 e. The zero-order valence-electron chi connectivity index (χ0n) is 7.17. The SMILES string of the molecule is CN(C=O)CP(=O)(O)CCC(=O)[O-]. The molecule has 0 saturated carbocycles. The van der Waals surface area contributed by atoms with Gasteiger partial charge in [-0.15, -0.1) is 0 Å². The summed E-state index contributed by atoms with van der Waals surface area (Å²) in [6, 6.07) is 0. The van der Waals surface area contributed by atoms with Gasteiger partial charge < -0.3 is 19.7 Å². The van der Waals surface area contributed by atoms with E-state index in [1.807, 2.05) is 0 Å². The van der Waals surface area contributed by atoms with Crippen LogP contribution < -0.4 is 5.11 Å². The van der Waals surface area contributed by atoms with Crippen LogP contribution in [0.25, 0.3) is 0 Å². The summed E-state index contributed by atoms with van der Waals surface area (Å²) in [5, 5.41) is 9.97. The molecule has 0 aliphatic rings. The molecule has 7 heteroatoms. The molecule has 0 aromatic carbocycles. The lowest BCUT2D eigenvalue weighted by molar-refractivity contribution is -0.305. The van der Waals surface area contributed by atoms with E-state index in [2.05, 4.69) is 0 Å². The number of hydrogen-bond donors (Lipinski definition) is 1. The van der Waals surface area contributed by atoms with E-state index in [-0.39, 0.29) is 12.4 Å². The normalized spacial score (nSPS) is 14.6. The lowest BCUT2D eigenvalue weighted by Gasteiger charge is -2.16. The average Bonchev–Trinajstić information content (AvgIpc) is 2.00. The van der Waals surface area contributed by atoms with Crippen molar-refractivity contribution < 1.29 is 24.2 Å². The van der Waals surface area contributed by atoms with E-state index in [0.717, 1.165) is 4.90 Å². The van der Waals surface area contributed by atoms with Crippen molar-refractivity contribution >= 4 is 19.7 Å². The Morgan fingerprint density at radius 3 is 2.62 bits per heavy atom. The molecule has 0 spiro atoms. The molecule has 1 N–H and O–H groups in total. The van der Waals surface area contributed by atoms with Crippen LogP contribution in [0.5, 0.6) is 0 Å². The molecule has 1 atom stereocenters. The molecule has 0 saturated heterocycles. The van der Waals surface area contributed by atoms with E-state index in [9.17, 15) is 19.3 Å². The number of aliphatic carboxylic acids is 1. The van der Waals surface area contributed by atoms with E-state index in [1.165, 1.54) is 7.05 Å². The minimum Gasteiger partial charge on any atom is -0.550 e. The number of amides is 1. The molecule has 13 heavy (non-hydrogen) atoms. The first-order chi connectivity index (χ1) is 5.87. The third-order valence-electron chi connectivity index (χ3n) is 1.29. The van der Waals surface area contributed by atoms with Crippen molar-refractivity contribution in [2.24, 2.45) is 0 Å². The summed E-state index contributed by atoms with van der Waals surface area (Å²) in [6.07, 6.45) is -0.764. The van der Waals surface area contributed by atoms with Gasteiger partial charge >= 0.3 is 0 Å². The van der Waals surface area contributed by atoms with Crippen molar-refractivity contribution in [3.8, 4) is 0 Å². The predicted octanol–water partition coefficient (Wildman–Crippen LogP) is -1.56. The van der Waals surface area contributed by atoms with Gasteiger partial charge in [-0.05, 0) is 6.42 Å². The van der Waals surface area contributed by atoms with Gasteiger partial charge in [-0.2, -0.15) is 0 Å². The van der Waals surface area contributed by atoms with E-state index in [1.54, 1.807) is 0 Å². The van der Waals surface area contributed by atoms with Gasteiger partial charge in [0.05, 0.1) is 6.29 Å². The van der Waals surface area contributed by atoms with Gasteiger partial charge in [-0.1, -0.05) is 0 Å². The Bertz CT molecular complexity index is 241. The maximum Gasteiger partial charge on any atom is 0.219 e. The molecule has 0 aliphatic carbocycles. The number of carboxylic acid groups (broad SMARTS) is 1. The first-order valence-corrected chi connectivity index (χ1v) is 5.56. The Balaban J connectivity index is 4.00. The molecule has 0 aliphatic heterocycles. The highest BCUT2D eigenvalue weighted by Gasteiger charge is 2.19. The van der Waals surface area contributed by atoms with E-state index >= 15 is 0 Å². The smallest absolute Gasteiger partial charge is 0.219 e. The Kier molecular flexibility index (Phi) is 4.66. The van der Waals surface area contributed by atoms with Gasteiger partial charge in [0.1, 0.15) is 0 Å². The van der Waals surface area contributed by atoms with Gasteiger partial charge in [0.25, 0.3) is 0 Å². The van der Waals surface area contributed by atoms with Crippen molar-refractivity contribution in [2.45, 2.75) is 6.42 Å². The third-order valence-corrected chi connectivity index (χ3v) is 3.10. The molecule has 0 bridgehead atoms. The second kappa shape index (κ2) is 4.99.